The Morgan fingerprint density at radius 3 is 2.91 bits per heavy atom. The molecule has 122 valence electrons. The Hall–Kier alpha value is -1.62. The van der Waals surface area contributed by atoms with E-state index in [-0.39, 0.29) is 6.09 Å². The minimum atomic E-state index is -0.445. The number of amides is 1. The van der Waals surface area contributed by atoms with Crippen molar-refractivity contribution in [3.05, 3.63) is 30.1 Å². The Bertz CT molecular complexity index is 484. The summed E-state index contributed by atoms with van der Waals surface area (Å²) in [5.74, 6) is 0.471. The highest BCUT2D eigenvalue weighted by atomic mass is 16.6. The van der Waals surface area contributed by atoms with E-state index in [1.165, 1.54) is 0 Å². The molecule has 1 saturated heterocycles. The third-order valence-electron chi connectivity index (χ3n) is 3.91. The zero-order valence-corrected chi connectivity index (χ0v) is 14.0. The maximum atomic E-state index is 11.7. The molecule has 1 aromatic rings. The summed E-state index contributed by atoms with van der Waals surface area (Å²) in [6.07, 6.45) is 2.60. The van der Waals surface area contributed by atoms with Crippen molar-refractivity contribution in [3.63, 3.8) is 0 Å². The van der Waals surface area contributed by atoms with Gasteiger partial charge >= 0.3 is 6.09 Å². The van der Waals surface area contributed by atoms with Crippen molar-refractivity contribution in [2.24, 2.45) is 5.92 Å². The van der Waals surface area contributed by atoms with Gasteiger partial charge in [-0.15, -0.1) is 0 Å². The van der Waals surface area contributed by atoms with Crippen molar-refractivity contribution in [1.29, 1.82) is 0 Å². The van der Waals surface area contributed by atoms with Crippen molar-refractivity contribution in [2.45, 2.75) is 45.8 Å². The van der Waals surface area contributed by atoms with Crippen LogP contribution >= 0.6 is 0 Å². The molecule has 2 heterocycles. The molecule has 1 aromatic heterocycles. The Balaban J connectivity index is 1.77. The number of hydrogen-bond acceptors (Lipinski definition) is 4. The lowest BCUT2D eigenvalue weighted by Gasteiger charge is -2.24. The van der Waals surface area contributed by atoms with Gasteiger partial charge in [0.15, 0.2) is 0 Å². The predicted molar refractivity (Wildman–Crippen MR) is 86.6 cm³/mol. The Morgan fingerprint density at radius 1 is 1.50 bits per heavy atom. The van der Waals surface area contributed by atoms with E-state index >= 15 is 0 Å². The van der Waals surface area contributed by atoms with Crippen molar-refractivity contribution in [2.75, 3.05) is 19.6 Å². The highest BCUT2D eigenvalue weighted by molar-refractivity contribution is 5.67. The molecule has 5 heteroatoms. The maximum absolute atomic E-state index is 11.7. The zero-order valence-electron chi connectivity index (χ0n) is 14.0. The first-order valence-electron chi connectivity index (χ1n) is 7.97. The fourth-order valence-corrected chi connectivity index (χ4v) is 2.73. The van der Waals surface area contributed by atoms with E-state index < -0.39 is 5.60 Å². The lowest BCUT2D eigenvalue weighted by Crippen LogP contribution is -2.36. The number of nitrogens with one attached hydrogen (secondary N) is 1. The van der Waals surface area contributed by atoms with Gasteiger partial charge in [0, 0.05) is 25.3 Å². The van der Waals surface area contributed by atoms with E-state index in [1.54, 1.807) is 0 Å². The molecule has 1 amide bonds. The molecule has 1 aliphatic heterocycles. The number of nitrogens with zero attached hydrogens (tertiary/aromatic N) is 2. The molecule has 0 aromatic carbocycles. The SMILES string of the molecule is CC(c1ccccn1)N1CCC(CNC(=O)OC(C)(C)C)C1. The summed E-state index contributed by atoms with van der Waals surface area (Å²) in [5.41, 5.74) is 0.655. The van der Waals surface area contributed by atoms with Crippen LogP contribution in [-0.2, 0) is 4.74 Å². The first-order valence-corrected chi connectivity index (χ1v) is 7.97. The molecular formula is C17H27N3O2. The third kappa shape index (κ3) is 4.98. The molecule has 2 unspecified atom stereocenters. The third-order valence-corrected chi connectivity index (χ3v) is 3.91. The van der Waals surface area contributed by atoms with Crippen LogP contribution in [0.15, 0.2) is 24.4 Å². The lowest BCUT2D eigenvalue weighted by molar-refractivity contribution is 0.0519. The van der Waals surface area contributed by atoms with Gasteiger partial charge in [-0.3, -0.25) is 9.88 Å². The Labute approximate surface area is 133 Å². The van der Waals surface area contributed by atoms with E-state index in [0.29, 0.717) is 18.5 Å². The monoisotopic (exact) mass is 305 g/mol. The Kier molecular flexibility index (Phi) is 5.40. The van der Waals surface area contributed by atoms with Gasteiger partial charge in [-0.1, -0.05) is 6.07 Å². The van der Waals surface area contributed by atoms with Crippen LogP contribution in [0.2, 0.25) is 0 Å². The number of alkyl carbamates (subject to hydrolysis) is 1. The molecule has 22 heavy (non-hydrogen) atoms. The molecule has 0 aliphatic carbocycles. The van der Waals surface area contributed by atoms with Crippen LogP contribution in [0.5, 0.6) is 0 Å². The second-order valence-corrected chi connectivity index (χ2v) is 6.96. The van der Waals surface area contributed by atoms with Gasteiger partial charge in [0.25, 0.3) is 0 Å². The average molecular weight is 305 g/mol. The molecule has 2 atom stereocenters. The van der Waals surface area contributed by atoms with Gasteiger partial charge < -0.3 is 10.1 Å². The number of pyridine rings is 1. The summed E-state index contributed by atoms with van der Waals surface area (Å²) < 4.78 is 5.27. The molecule has 0 radical (unpaired) electrons. The fourth-order valence-electron chi connectivity index (χ4n) is 2.73. The van der Waals surface area contributed by atoms with Crippen LogP contribution < -0.4 is 5.32 Å². The summed E-state index contributed by atoms with van der Waals surface area (Å²) in [6.45, 7) is 10.5. The molecule has 1 aliphatic rings. The standard InChI is InChI=1S/C17H27N3O2/c1-13(15-7-5-6-9-18-15)20-10-8-14(12-20)11-19-16(21)22-17(2,3)4/h5-7,9,13-14H,8,10-12H2,1-4H3,(H,19,21). The van der Waals surface area contributed by atoms with E-state index in [9.17, 15) is 4.79 Å². The van der Waals surface area contributed by atoms with Gasteiger partial charge in [-0.05, 0) is 58.7 Å². The highest BCUT2D eigenvalue weighted by Gasteiger charge is 2.28. The van der Waals surface area contributed by atoms with Crippen LogP contribution in [0.1, 0.15) is 45.9 Å². The molecule has 1 fully saturated rings. The molecule has 0 bridgehead atoms. The summed E-state index contributed by atoms with van der Waals surface area (Å²) in [4.78, 5) is 18.5. The van der Waals surface area contributed by atoms with Crippen LogP contribution in [-0.4, -0.2) is 41.2 Å². The van der Waals surface area contributed by atoms with Gasteiger partial charge in [-0.2, -0.15) is 0 Å². The van der Waals surface area contributed by atoms with Crippen molar-refractivity contribution >= 4 is 6.09 Å². The first kappa shape index (κ1) is 16.7. The minimum absolute atomic E-state index is 0.313. The summed E-state index contributed by atoms with van der Waals surface area (Å²) in [5, 5.41) is 2.88. The van der Waals surface area contributed by atoms with Crippen LogP contribution in [0, 0.1) is 5.92 Å². The fraction of sp³-hybridized carbons (Fsp3) is 0.647. The summed E-state index contributed by atoms with van der Waals surface area (Å²) in [7, 11) is 0. The molecule has 5 nitrogen and oxygen atoms in total. The number of hydrogen-bond donors (Lipinski definition) is 1. The molecule has 0 saturated carbocycles. The van der Waals surface area contributed by atoms with Gasteiger partial charge in [-0.25, -0.2) is 4.79 Å². The van der Waals surface area contributed by atoms with Crippen LogP contribution in [0.25, 0.3) is 0 Å². The van der Waals surface area contributed by atoms with Gasteiger partial charge in [0.1, 0.15) is 5.60 Å². The highest BCUT2D eigenvalue weighted by Crippen LogP contribution is 2.25. The number of ether oxygens (including phenoxy) is 1. The zero-order chi connectivity index (χ0) is 16.2. The molecular weight excluding hydrogens is 278 g/mol. The molecule has 2 rings (SSSR count). The maximum Gasteiger partial charge on any atom is 0.407 e. The number of carbonyl (C=O) groups is 1. The quantitative estimate of drug-likeness (QED) is 0.929. The van der Waals surface area contributed by atoms with E-state index in [1.807, 2.05) is 39.1 Å². The number of carbonyl (C=O) groups excluding carboxylic acids is 1. The minimum Gasteiger partial charge on any atom is -0.444 e. The van der Waals surface area contributed by atoms with Crippen molar-refractivity contribution in [1.82, 2.24) is 15.2 Å². The average Bonchev–Trinajstić information content (AvgIpc) is 2.92. The summed E-state index contributed by atoms with van der Waals surface area (Å²) in [6, 6.07) is 6.34. The van der Waals surface area contributed by atoms with E-state index in [2.05, 4.69) is 28.2 Å². The van der Waals surface area contributed by atoms with Crippen molar-refractivity contribution in [3.8, 4) is 0 Å². The van der Waals surface area contributed by atoms with E-state index in [0.717, 1.165) is 25.2 Å². The largest absolute Gasteiger partial charge is 0.444 e. The first-order chi connectivity index (χ1) is 10.3. The van der Waals surface area contributed by atoms with Gasteiger partial charge in [0.05, 0.1) is 5.69 Å². The second-order valence-electron chi connectivity index (χ2n) is 6.96. The predicted octanol–water partition coefficient (Wildman–Crippen LogP) is 2.99. The summed E-state index contributed by atoms with van der Waals surface area (Å²) >= 11 is 0. The Morgan fingerprint density at radius 2 is 2.27 bits per heavy atom. The normalized spacial score (nSPS) is 20.6. The lowest BCUT2D eigenvalue weighted by atomic mass is 10.1. The molecule has 0 spiro atoms. The number of rotatable bonds is 4. The van der Waals surface area contributed by atoms with Crippen LogP contribution in [0.4, 0.5) is 4.79 Å². The number of likely N-dealkylation sites (tertiary alicyclic amines) is 1. The molecule has 1 N–H and O–H groups in total. The van der Waals surface area contributed by atoms with Crippen molar-refractivity contribution < 1.29 is 9.53 Å². The van der Waals surface area contributed by atoms with E-state index in [4.69, 9.17) is 4.74 Å². The smallest absolute Gasteiger partial charge is 0.407 e. The second kappa shape index (κ2) is 7.09. The van der Waals surface area contributed by atoms with Gasteiger partial charge in [0.2, 0.25) is 0 Å². The van der Waals surface area contributed by atoms with Crippen LogP contribution in [0.3, 0.4) is 0 Å². The topological polar surface area (TPSA) is 54.5 Å². The number of aromatic nitrogens is 1.